The SMILES string of the molecule is CCCC=[CH][Al][CH2]CC. The highest BCUT2D eigenvalue weighted by Gasteiger charge is 1.80. The molecular weight excluding hydrogens is 123 g/mol. The Morgan fingerprint density at radius 3 is 2.56 bits per heavy atom. The smallest absolute Gasteiger partial charge is 0.161 e. The van der Waals surface area contributed by atoms with E-state index in [9.17, 15) is 0 Å². The van der Waals surface area contributed by atoms with E-state index in [1.165, 1.54) is 24.5 Å². The minimum absolute atomic E-state index is 0.636. The van der Waals surface area contributed by atoms with E-state index in [4.69, 9.17) is 0 Å². The minimum Gasteiger partial charge on any atom is -0.161 e. The van der Waals surface area contributed by atoms with Crippen molar-refractivity contribution >= 4 is 15.2 Å². The van der Waals surface area contributed by atoms with Crippen LogP contribution in [0.4, 0.5) is 0 Å². The van der Waals surface area contributed by atoms with Gasteiger partial charge < -0.3 is 0 Å². The van der Waals surface area contributed by atoms with Gasteiger partial charge in [0.25, 0.3) is 0 Å². The lowest BCUT2D eigenvalue weighted by Gasteiger charge is -1.84. The molecule has 0 amide bonds. The lowest BCUT2D eigenvalue weighted by Crippen LogP contribution is -1.80. The average Bonchev–Trinajstić information content (AvgIpc) is 1.89. The first-order chi connectivity index (χ1) is 4.41. The fourth-order valence-corrected chi connectivity index (χ4v) is 1.53. The van der Waals surface area contributed by atoms with Gasteiger partial charge in [-0.3, -0.25) is 0 Å². The molecular formula is C8H16Al. The summed E-state index contributed by atoms with van der Waals surface area (Å²) in [7, 11) is 0. The van der Waals surface area contributed by atoms with Gasteiger partial charge in [-0.25, -0.2) is 0 Å². The lowest BCUT2D eigenvalue weighted by atomic mass is 10.3. The normalized spacial score (nSPS) is 10.4. The van der Waals surface area contributed by atoms with Crippen molar-refractivity contribution in [2.45, 2.75) is 38.4 Å². The van der Waals surface area contributed by atoms with Crippen LogP contribution in [0.15, 0.2) is 11.0 Å². The van der Waals surface area contributed by atoms with Crippen molar-refractivity contribution in [3.63, 3.8) is 0 Å². The standard InChI is InChI=1S/C5H9.C3H7.Al/c1-3-5-4-2;1-3-2;/h1,3H,4-5H2,2H3;1,3H2,2H3;. The average molecular weight is 139 g/mol. The number of hydrogen-bond donors (Lipinski definition) is 0. The summed E-state index contributed by atoms with van der Waals surface area (Å²) in [6.45, 7) is 4.47. The molecule has 0 aliphatic carbocycles. The fourth-order valence-electron chi connectivity index (χ4n) is 0.622. The summed E-state index contributed by atoms with van der Waals surface area (Å²) in [5.41, 5.74) is 0. The van der Waals surface area contributed by atoms with Crippen LogP contribution in [0.25, 0.3) is 0 Å². The zero-order valence-electron chi connectivity index (χ0n) is 6.56. The minimum atomic E-state index is 0.636. The Morgan fingerprint density at radius 1 is 1.22 bits per heavy atom. The molecule has 0 saturated carbocycles. The van der Waals surface area contributed by atoms with Crippen LogP contribution in [0, 0.1) is 0 Å². The molecule has 0 rings (SSSR count). The highest BCUT2D eigenvalue weighted by molar-refractivity contribution is 6.41. The first-order valence-corrected chi connectivity index (χ1v) is 5.38. The lowest BCUT2D eigenvalue weighted by molar-refractivity contribution is 0.959. The maximum Gasteiger partial charge on any atom is 0.237 e. The van der Waals surface area contributed by atoms with Gasteiger partial charge in [0.1, 0.15) is 0 Å². The second-order valence-electron chi connectivity index (χ2n) is 2.24. The summed E-state index contributed by atoms with van der Waals surface area (Å²) in [6, 6.07) is 0. The van der Waals surface area contributed by atoms with Crippen LogP contribution in [-0.2, 0) is 0 Å². The molecule has 0 unspecified atom stereocenters. The second kappa shape index (κ2) is 8.27. The molecule has 0 N–H and O–H groups in total. The molecule has 1 radical (unpaired) electrons. The number of rotatable bonds is 5. The Bertz CT molecular complexity index is 67.0. The fraction of sp³-hybridized carbons (Fsp3) is 0.750. The van der Waals surface area contributed by atoms with Gasteiger partial charge in [-0.15, -0.1) is 6.08 Å². The molecule has 0 heterocycles. The predicted octanol–water partition coefficient (Wildman–Crippen LogP) is 2.83. The van der Waals surface area contributed by atoms with E-state index in [1.807, 2.05) is 0 Å². The molecule has 0 atom stereocenters. The molecule has 0 aliphatic heterocycles. The highest BCUT2D eigenvalue weighted by atomic mass is 27.1. The molecule has 0 saturated heterocycles. The highest BCUT2D eigenvalue weighted by Crippen LogP contribution is 1.90. The number of allylic oxidation sites excluding steroid dienone is 1. The van der Waals surface area contributed by atoms with E-state index in [0.29, 0.717) is 15.2 Å². The second-order valence-corrected chi connectivity index (χ2v) is 3.67. The number of unbranched alkanes of at least 4 members (excludes halogenated alkanes) is 1. The third kappa shape index (κ3) is 8.27. The Hall–Kier alpha value is 0.272. The van der Waals surface area contributed by atoms with Crippen molar-refractivity contribution in [2.24, 2.45) is 0 Å². The zero-order valence-corrected chi connectivity index (χ0v) is 7.72. The zero-order chi connectivity index (χ0) is 6.95. The largest absolute Gasteiger partial charge is 0.237 e. The first kappa shape index (κ1) is 9.27. The Labute approximate surface area is 65.1 Å². The van der Waals surface area contributed by atoms with Crippen LogP contribution >= 0.6 is 0 Å². The van der Waals surface area contributed by atoms with Crippen LogP contribution in [0.1, 0.15) is 33.1 Å². The van der Waals surface area contributed by atoms with E-state index in [1.54, 1.807) is 0 Å². The third-order valence-corrected chi connectivity index (χ3v) is 2.64. The van der Waals surface area contributed by atoms with Gasteiger partial charge >= 0.3 is 0 Å². The van der Waals surface area contributed by atoms with Crippen molar-refractivity contribution in [3.8, 4) is 0 Å². The molecule has 0 spiro atoms. The van der Waals surface area contributed by atoms with Gasteiger partial charge in [-0.1, -0.05) is 32.0 Å². The maximum atomic E-state index is 2.38. The molecule has 0 aromatic carbocycles. The molecule has 0 nitrogen and oxygen atoms in total. The van der Waals surface area contributed by atoms with Crippen molar-refractivity contribution in [1.82, 2.24) is 0 Å². The quantitative estimate of drug-likeness (QED) is 0.406. The summed E-state index contributed by atoms with van der Waals surface area (Å²) in [5, 5.41) is 1.43. The number of hydrogen-bond acceptors (Lipinski definition) is 0. The Kier molecular flexibility index (Phi) is 8.52. The van der Waals surface area contributed by atoms with Gasteiger partial charge in [0, 0.05) is 0 Å². The van der Waals surface area contributed by atoms with Crippen LogP contribution in [0.3, 0.4) is 0 Å². The topological polar surface area (TPSA) is 0 Å². The maximum absolute atomic E-state index is 2.38. The monoisotopic (exact) mass is 139 g/mol. The van der Waals surface area contributed by atoms with Gasteiger partial charge in [-0.05, 0) is 6.42 Å². The molecule has 1 heteroatoms. The van der Waals surface area contributed by atoms with Gasteiger partial charge in [0.2, 0.25) is 15.2 Å². The predicted molar refractivity (Wildman–Crippen MR) is 44.9 cm³/mol. The van der Waals surface area contributed by atoms with Crippen molar-refractivity contribution in [1.29, 1.82) is 0 Å². The van der Waals surface area contributed by atoms with Crippen LogP contribution in [0.2, 0.25) is 5.28 Å². The molecule has 51 valence electrons. The molecule has 0 aromatic heterocycles. The first-order valence-electron chi connectivity index (χ1n) is 3.90. The van der Waals surface area contributed by atoms with E-state index >= 15 is 0 Å². The van der Waals surface area contributed by atoms with Gasteiger partial charge in [-0.2, -0.15) is 4.94 Å². The summed E-state index contributed by atoms with van der Waals surface area (Å²) in [5.74, 6) is 0. The Balaban J connectivity index is 2.86. The van der Waals surface area contributed by atoms with Gasteiger partial charge in [0.15, 0.2) is 0 Å². The van der Waals surface area contributed by atoms with E-state index < -0.39 is 0 Å². The summed E-state index contributed by atoms with van der Waals surface area (Å²) in [6.07, 6.45) is 6.25. The van der Waals surface area contributed by atoms with Crippen molar-refractivity contribution in [2.75, 3.05) is 0 Å². The Morgan fingerprint density at radius 2 is 2.00 bits per heavy atom. The van der Waals surface area contributed by atoms with E-state index in [0.717, 1.165) is 0 Å². The van der Waals surface area contributed by atoms with Crippen LogP contribution in [0.5, 0.6) is 0 Å². The molecule has 0 aromatic rings. The molecule has 0 fully saturated rings. The van der Waals surface area contributed by atoms with Crippen LogP contribution < -0.4 is 0 Å². The van der Waals surface area contributed by atoms with Crippen molar-refractivity contribution < 1.29 is 0 Å². The summed E-state index contributed by atoms with van der Waals surface area (Å²) >= 11 is 0.636. The van der Waals surface area contributed by atoms with Crippen molar-refractivity contribution in [3.05, 3.63) is 11.0 Å². The van der Waals surface area contributed by atoms with E-state index in [2.05, 4.69) is 24.9 Å². The third-order valence-electron chi connectivity index (χ3n) is 1.18. The summed E-state index contributed by atoms with van der Waals surface area (Å²) in [4.78, 5) is 2.38. The van der Waals surface area contributed by atoms with E-state index in [-0.39, 0.29) is 0 Å². The van der Waals surface area contributed by atoms with Crippen LogP contribution in [-0.4, -0.2) is 15.2 Å². The molecule has 0 bridgehead atoms. The molecule has 9 heavy (non-hydrogen) atoms. The van der Waals surface area contributed by atoms with Gasteiger partial charge in [0.05, 0.1) is 0 Å². The summed E-state index contributed by atoms with van der Waals surface area (Å²) < 4.78 is 0. The molecule has 0 aliphatic rings.